The summed E-state index contributed by atoms with van der Waals surface area (Å²) in [5.74, 6) is -0.347. The zero-order chi connectivity index (χ0) is 15.5. The summed E-state index contributed by atoms with van der Waals surface area (Å²) in [6.07, 6.45) is -3.62. The van der Waals surface area contributed by atoms with Gasteiger partial charge in [0.2, 0.25) is 5.91 Å². The fourth-order valence-corrected chi connectivity index (χ4v) is 2.35. The number of nitrogens with two attached hydrogens (primary N) is 1. The molecule has 1 saturated heterocycles. The van der Waals surface area contributed by atoms with Gasteiger partial charge in [0.05, 0.1) is 0 Å². The van der Waals surface area contributed by atoms with Gasteiger partial charge < -0.3 is 15.4 Å². The standard InChI is InChI=1S/C14H17F3N2O2/c15-14(16,17)21-12-4-2-1-3-10(12)5-6-13(20)19-8-7-11(18)9-19/h1-4,11H,5-9,18H2. The van der Waals surface area contributed by atoms with E-state index >= 15 is 0 Å². The molecule has 21 heavy (non-hydrogen) atoms. The van der Waals surface area contributed by atoms with E-state index in [1.807, 2.05) is 0 Å². The fourth-order valence-electron chi connectivity index (χ4n) is 2.35. The first-order valence-corrected chi connectivity index (χ1v) is 6.72. The van der Waals surface area contributed by atoms with Crippen molar-refractivity contribution in [2.45, 2.75) is 31.7 Å². The van der Waals surface area contributed by atoms with E-state index in [-0.39, 0.29) is 30.5 Å². The van der Waals surface area contributed by atoms with Gasteiger partial charge in [-0.25, -0.2) is 0 Å². The third-order valence-electron chi connectivity index (χ3n) is 3.38. The minimum Gasteiger partial charge on any atom is -0.406 e. The summed E-state index contributed by atoms with van der Waals surface area (Å²) in [7, 11) is 0. The molecule has 0 aromatic heterocycles. The molecule has 7 heteroatoms. The third kappa shape index (κ3) is 4.63. The molecule has 1 aromatic carbocycles. The molecular weight excluding hydrogens is 285 g/mol. The maximum Gasteiger partial charge on any atom is 0.573 e. The van der Waals surface area contributed by atoms with Crippen LogP contribution in [0.25, 0.3) is 0 Å². The van der Waals surface area contributed by atoms with Crippen molar-refractivity contribution in [1.82, 2.24) is 4.90 Å². The lowest BCUT2D eigenvalue weighted by atomic mass is 10.1. The number of nitrogens with zero attached hydrogens (tertiary/aromatic N) is 1. The molecule has 0 bridgehead atoms. The number of ether oxygens (including phenoxy) is 1. The van der Waals surface area contributed by atoms with Gasteiger partial charge in [-0.1, -0.05) is 18.2 Å². The Bertz CT molecular complexity index is 505. The number of aryl methyl sites for hydroxylation is 1. The van der Waals surface area contributed by atoms with Crippen molar-refractivity contribution in [1.29, 1.82) is 0 Å². The number of hydrogen-bond donors (Lipinski definition) is 1. The molecule has 0 saturated carbocycles. The summed E-state index contributed by atoms with van der Waals surface area (Å²) >= 11 is 0. The first-order valence-electron chi connectivity index (χ1n) is 6.72. The van der Waals surface area contributed by atoms with Crippen LogP contribution >= 0.6 is 0 Å². The molecule has 1 atom stereocenters. The molecule has 116 valence electrons. The lowest BCUT2D eigenvalue weighted by molar-refractivity contribution is -0.274. The van der Waals surface area contributed by atoms with Crippen LogP contribution in [0.15, 0.2) is 24.3 Å². The van der Waals surface area contributed by atoms with Crippen LogP contribution in [-0.4, -0.2) is 36.3 Å². The fraction of sp³-hybridized carbons (Fsp3) is 0.500. The number of benzene rings is 1. The SMILES string of the molecule is NC1CCN(C(=O)CCc2ccccc2OC(F)(F)F)C1. The first-order chi connectivity index (χ1) is 9.85. The normalized spacial score (nSPS) is 18.9. The largest absolute Gasteiger partial charge is 0.573 e. The van der Waals surface area contributed by atoms with E-state index in [0.29, 0.717) is 18.7 Å². The van der Waals surface area contributed by atoms with E-state index < -0.39 is 6.36 Å². The Morgan fingerprint density at radius 3 is 2.71 bits per heavy atom. The number of alkyl halides is 3. The molecule has 1 aliphatic rings. The number of rotatable bonds is 4. The Hall–Kier alpha value is -1.76. The first kappa shape index (κ1) is 15.6. The van der Waals surface area contributed by atoms with Crippen LogP contribution < -0.4 is 10.5 Å². The summed E-state index contributed by atoms with van der Waals surface area (Å²) < 4.78 is 40.9. The average molecular weight is 302 g/mol. The van der Waals surface area contributed by atoms with Crippen LogP contribution in [0.2, 0.25) is 0 Å². The topological polar surface area (TPSA) is 55.6 Å². The van der Waals surface area contributed by atoms with Crippen molar-refractivity contribution in [3.05, 3.63) is 29.8 Å². The van der Waals surface area contributed by atoms with E-state index in [4.69, 9.17) is 5.73 Å². The average Bonchev–Trinajstić information content (AvgIpc) is 2.82. The van der Waals surface area contributed by atoms with Gasteiger partial charge in [0.1, 0.15) is 5.75 Å². The number of likely N-dealkylation sites (tertiary alicyclic amines) is 1. The molecule has 1 unspecified atom stereocenters. The highest BCUT2D eigenvalue weighted by Gasteiger charge is 2.32. The Morgan fingerprint density at radius 1 is 1.38 bits per heavy atom. The molecule has 1 amide bonds. The smallest absolute Gasteiger partial charge is 0.406 e. The van der Waals surface area contributed by atoms with Crippen molar-refractivity contribution in [3.8, 4) is 5.75 Å². The van der Waals surface area contributed by atoms with Gasteiger partial charge in [-0.3, -0.25) is 4.79 Å². The van der Waals surface area contributed by atoms with Crippen LogP contribution in [0.4, 0.5) is 13.2 Å². The molecule has 0 aliphatic carbocycles. The molecule has 1 aromatic rings. The molecular formula is C14H17F3N2O2. The molecule has 2 N–H and O–H groups in total. The molecule has 4 nitrogen and oxygen atoms in total. The number of amides is 1. The van der Waals surface area contributed by atoms with Gasteiger partial charge in [-0.2, -0.15) is 0 Å². The molecule has 1 heterocycles. The van der Waals surface area contributed by atoms with Crippen molar-refractivity contribution >= 4 is 5.91 Å². The second-order valence-corrected chi connectivity index (χ2v) is 5.04. The van der Waals surface area contributed by atoms with E-state index in [1.54, 1.807) is 11.0 Å². The maximum absolute atomic E-state index is 12.3. The van der Waals surface area contributed by atoms with E-state index in [0.717, 1.165) is 6.42 Å². The van der Waals surface area contributed by atoms with Crippen molar-refractivity contribution in [2.75, 3.05) is 13.1 Å². The van der Waals surface area contributed by atoms with Gasteiger partial charge in [-0.15, -0.1) is 13.2 Å². The van der Waals surface area contributed by atoms with Crippen molar-refractivity contribution < 1.29 is 22.7 Å². The molecule has 1 fully saturated rings. The number of carbonyl (C=O) groups is 1. The lowest BCUT2D eigenvalue weighted by Crippen LogP contribution is -2.32. The molecule has 0 radical (unpaired) electrons. The van der Waals surface area contributed by atoms with Gasteiger partial charge in [-0.05, 0) is 24.5 Å². The summed E-state index contributed by atoms with van der Waals surface area (Å²) in [6.45, 7) is 1.13. The molecule has 2 rings (SSSR count). The zero-order valence-electron chi connectivity index (χ0n) is 11.4. The van der Waals surface area contributed by atoms with E-state index in [2.05, 4.69) is 4.74 Å². The Labute approximate surface area is 120 Å². The number of halogens is 3. The molecule has 0 spiro atoms. The second kappa shape index (κ2) is 6.34. The highest BCUT2D eigenvalue weighted by molar-refractivity contribution is 5.76. The zero-order valence-corrected chi connectivity index (χ0v) is 11.4. The van der Waals surface area contributed by atoms with Crippen molar-refractivity contribution in [3.63, 3.8) is 0 Å². The van der Waals surface area contributed by atoms with Gasteiger partial charge in [0.15, 0.2) is 0 Å². The predicted octanol–water partition coefficient (Wildman–Crippen LogP) is 2.08. The van der Waals surface area contributed by atoms with Gasteiger partial charge in [0.25, 0.3) is 0 Å². The maximum atomic E-state index is 12.3. The van der Waals surface area contributed by atoms with Crippen LogP contribution in [0.1, 0.15) is 18.4 Å². The minimum absolute atomic E-state index is 0.00482. The number of hydrogen-bond acceptors (Lipinski definition) is 3. The van der Waals surface area contributed by atoms with Crippen LogP contribution in [0, 0.1) is 0 Å². The van der Waals surface area contributed by atoms with E-state index in [9.17, 15) is 18.0 Å². The van der Waals surface area contributed by atoms with Crippen LogP contribution in [0.3, 0.4) is 0 Å². The second-order valence-electron chi connectivity index (χ2n) is 5.04. The quantitative estimate of drug-likeness (QED) is 0.926. The van der Waals surface area contributed by atoms with Crippen LogP contribution in [0.5, 0.6) is 5.75 Å². The van der Waals surface area contributed by atoms with Gasteiger partial charge >= 0.3 is 6.36 Å². The minimum atomic E-state index is -4.73. The lowest BCUT2D eigenvalue weighted by Gasteiger charge is -2.17. The number of carbonyl (C=O) groups excluding carboxylic acids is 1. The number of para-hydroxylation sites is 1. The Balaban J connectivity index is 1.95. The third-order valence-corrected chi connectivity index (χ3v) is 3.38. The van der Waals surface area contributed by atoms with Gasteiger partial charge in [0, 0.05) is 25.6 Å². The predicted molar refractivity (Wildman–Crippen MR) is 70.6 cm³/mol. The highest BCUT2D eigenvalue weighted by atomic mass is 19.4. The molecule has 1 aliphatic heterocycles. The summed E-state index contributed by atoms with van der Waals surface area (Å²) in [4.78, 5) is 13.6. The van der Waals surface area contributed by atoms with Crippen molar-refractivity contribution in [2.24, 2.45) is 5.73 Å². The van der Waals surface area contributed by atoms with E-state index in [1.165, 1.54) is 18.2 Å². The Kier molecular flexibility index (Phi) is 4.72. The highest BCUT2D eigenvalue weighted by Crippen LogP contribution is 2.27. The Morgan fingerprint density at radius 2 is 2.10 bits per heavy atom. The summed E-state index contributed by atoms with van der Waals surface area (Å²) in [5, 5.41) is 0. The summed E-state index contributed by atoms with van der Waals surface area (Å²) in [6, 6.07) is 5.86. The van der Waals surface area contributed by atoms with Crippen LogP contribution in [-0.2, 0) is 11.2 Å². The summed E-state index contributed by atoms with van der Waals surface area (Å²) in [5.41, 5.74) is 6.09. The monoisotopic (exact) mass is 302 g/mol.